The van der Waals surface area contributed by atoms with Gasteiger partial charge in [-0.25, -0.2) is 9.18 Å². The molecule has 3 rings (SSSR count). The van der Waals surface area contributed by atoms with Crippen LogP contribution in [0.4, 0.5) is 10.1 Å². The van der Waals surface area contributed by atoms with E-state index in [9.17, 15) is 14.0 Å². The number of para-hydroxylation sites is 2. The quantitative estimate of drug-likeness (QED) is 0.657. The zero-order chi connectivity index (χ0) is 19.1. The third kappa shape index (κ3) is 5.15. The Morgan fingerprint density at radius 3 is 2.15 bits per heavy atom. The van der Waals surface area contributed by atoms with Gasteiger partial charge in [-0.3, -0.25) is 4.79 Å². The van der Waals surface area contributed by atoms with E-state index in [1.807, 2.05) is 30.3 Å². The van der Waals surface area contributed by atoms with Gasteiger partial charge in [0.15, 0.2) is 6.61 Å². The molecule has 0 aliphatic carbocycles. The van der Waals surface area contributed by atoms with Crippen molar-refractivity contribution < 1.29 is 23.5 Å². The van der Waals surface area contributed by atoms with Crippen molar-refractivity contribution in [2.45, 2.75) is 0 Å². The number of rotatable bonds is 6. The first-order valence-electron chi connectivity index (χ1n) is 8.16. The van der Waals surface area contributed by atoms with E-state index in [2.05, 4.69) is 5.32 Å². The Hall–Kier alpha value is -3.67. The molecule has 3 aromatic carbocycles. The maximum absolute atomic E-state index is 13.5. The number of benzene rings is 3. The summed E-state index contributed by atoms with van der Waals surface area (Å²) in [6.07, 6.45) is 0. The second kappa shape index (κ2) is 8.62. The minimum Gasteiger partial charge on any atom is -0.457 e. The van der Waals surface area contributed by atoms with E-state index in [-0.39, 0.29) is 11.3 Å². The Morgan fingerprint density at radius 1 is 0.815 bits per heavy atom. The lowest BCUT2D eigenvalue weighted by atomic mass is 10.2. The number of nitrogens with one attached hydrogen (secondary N) is 1. The topological polar surface area (TPSA) is 64.6 Å². The number of carbonyl (C=O) groups is 2. The molecule has 1 amide bonds. The van der Waals surface area contributed by atoms with Crippen LogP contribution in [0.5, 0.6) is 11.5 Å². The van der Waals surface area contributed by atoms with Crippen LogP contribution in [0, 0.1) is 5.82 Å². The van der Waals surface area contributed by atoms with E-state index < -0.39 is 24.3 Å². The summed E-state index contributed by atoms with van der Waals surface area (Å²) in [5.74, 6) is -0.610. The third-order valence-electron chi connectivity index (χ3n) is 3.55. The molecule has 0 aliphatic rings. The number of amides is 1. The van der Waals surface area contributed by atoms with Crippen LogP contribution in [-0.2, 0) is 9.53 Å². The Labute approximate surface area is 155 Å². The summed E-state index contributed by atoms with van der Waals surface area (Å²) in [5.41, 5.74) is 0.301. The highest BCUT2D eigenvalue weighted by atomic mass is 19.1. The van der Waals surface area contributed by atoms with Gasteiger partial charge in [0.25, 0.3) is 5.91 Å². The average molecular weight is 365 g/mol. The van der Waals surface area contributed by atoms with E-state index in [1.165, 1.54) is 30.3 Å². The zero-order valence-electron chi connectivity index (χ0n) is 14.2. The van der Waals surface area contributed by atoms with Gasteiger partial charge in [0.2, 0.25) is 0 Å². The number of hydrogen-bond acceptors (Lipinski definition) is 4. The molecule has 0 bridgehead atoms. The summed E-state index contributed by atoms with van der Waals surface area (Å²) in [6, 6.07) is 21.3. The van der Waals surface area contributed by atoms with Crippen LogP contribution in [0.2, 0.25) is 0 Å². The maximum atomic E-state index is 13.5. The molecular formula is C21H16FNO4. The van der Waals surface area contributed by atoms with Gasteiger partial charge in [-0.05, 0) is 48.5 Å². The van der Waals surface area contributed by atoms with Gasteiger partial charge in [0, 0.05) is 0 Å². The summed E-state index contributed by atoms with van der Waals surface area (Å²) >= 11 is 0. The van der Waals surface area contributed by atoms with Gasteiger partial charge < -0.3 is 14.8 Å². The highest BCUT2D eigenvalue weighted by molar-refractivity contribution is 5.95. The number of ether oxygens (including phenoxy) is 2. The van der Waals surface area contributed by atoms with Gasteiger partial charge in [0.1, 0.15) is 17.3 Å². The van der Waals surface area contributed by atoms with Crippen LogP contribution in [0.3, 0.4) is 0 Å². The largest absolute Gasteiger partial charge is 0.457 e. The summed E-state index contributed by atoms with van der Waals surface area (Å²) in [5, 5.41) is 2.34. The van der Waals surface area contributed by atoms with Crippen molar-refractivity contribution >= 4 is 17.6 Å². The van der Waals surface area contributed by atoms with Gasteiger partial charge in [0.05, 0.1) is 11.3 Å². The van der Waals surface area contributed by atoms with Crippen molar-refractivity contribution in [3.63, 3.8) is 0 Å². The fourth-order valence-electron chi connectivity index (χ4n) is 2.25. The lowest BCUT2D eigenvalue weighted by molar-refractivity contribution is -0.119. The van der Waals surface area contributed by atoms with Crippen LogP contribution in [0.1, 0.15) is 10.4 Å². The van der Waals surface area contributed by atoms with Crippen LogP contribution in [-0.4, -0.2) is 18.5 Å². The Morgan fingerprint density at radius 2 is 1.44 bits per heavy atom. The van der Waals surface area contributed by atoms with E-state index >= 15 is 0 Å². The van der Waals surface area contributed by atoms with E-state index in [4.69, 9.17) is 9.47 Å². The predicted octanol–water partition coefficient (Wildman–Crippen LogP) is 4.41. The van der Waals surface area contributed by atoms with Gasteiger partial charge in [-0.2, -0.15) is 0 Å². The molecule has 3 aromatic rings. The first-order chi connectivity index (χ1) is 13.1. The summed E-state index contributed by atoms with van der Waals surface area (Å²) in [6.45, 7) is -0.518. The van der Waals surface area contributed by atoms with Crippen molar-refractivity contribution in [1.29, 1.82) is 0 Å². The first kappa shape index (κ1) is 18.1. The minimum absolute atomic E-state index is 0.0287. The molecule has 0 heterocycles. The maximum Gasteiger partial charge on any atom is 0.338 e. The molecule has 0 unspecified atom stereocenters. The molecule has 0 aliphatic heterocycles. The van der Waals surface area contributed by atoms with Gasteiger partial charge >= 0.3 is 5.97 Å². The molecule has 0 fully saturated rings. The second-order valence-corrected chi connectivity index (χ2v) is 5.54. The molecule has 0 radical (unpaired) electrons. The highest BCUT2D eigenvalue weighted by Crippen LogP contribution is 2.21. The molecule has 5 nitrogen and oxygen atoms in total. The molecule has 27 heavy (non-hydrogen) atoms. The van der Waals surface area contributed by atoms with Crippen LogP contribution >= 0.6 is 0 Å². The molecule has 0 aromatic heterocycles. The van der Waals surface area contributed by atoms with Crippen molar-refractivity contribution in [1.82, 2.24) is 0 Å². The van der Waals surface area contributed by atoms with Crippen molar-refractivity contribution in [3.05, 3.63) is 90.2 Å². The van der Waals surface area contributed by atoms with Crippen molar-refractivity contribution in [2.75, 3.05) is 11.9 Å². The lowest BCUT2D eigenvalue weighted by Crippen LogP contribution is -2.21. The minimum atomic E-state index is -0.662. The molecular weight excluding hydrogens is 349 g/mol. The van der Waals surface area contributed by atoms with Crippen LogP contribution in [0.15, 0.2) is 78.9 Å². The summed E-state index contributed by atoms with van der Waals surface area (Å²) in [7, 11) is 0. The average Bonchev–Trinajstić information content (AvgIpc) is 2.69. The van der Waals surface area contributed by atoms with Gasteiger partial charge in [-0.1, -0.05) is 30.3 Å². The standard InChI is InChI=1S/C21H16FNO4/c22-18-8-4-5-9-19(18)23-20(24)14-26-21(25)15-10-12-17(13-11-15)27-16-6-2-1-3-7-16/h1-13H,14H2,(H,23,24). The number of hydrogen-bond donors (Lipinski definition) is 1. The Kier molecular flexibility index (Phi) is 5.79. The Balaban J connectivity index is 1.52. The second-order valence-electron chi connectivity index (χ2n) is 5.54. The van der Waals surface area contributed by atoms with E-state index in [1.54, 1.807) is 18.2 Å². The van der Waals surface area contributed by atoms with E-state index in [0.717, 1.165) is 0 Å². The molecule has 0 spiro atoms. The fourth-order valence-corrected chi connectivity index (χ4v) is 2.25. The smallest absolute Gasteiger partial charge is 0.338 e. The van der Waals surface area contributed by atoms with Crippen LogP contribution in [0.25, 0.3) is 0 Å². The Bertz CT molecular complexity index is 926. The molecule has 1 N–H and O–H groups in total. The summed E-state index contributed by atoms with van der Waals surface area (Å²) in [4.78, 5) is 23.8. The highest BCUT2D eigenvalue weighted by Gasteiger charge is 2.12. The normalized spacial score (nSPS) is 10.1. The first-order valence-corrected chi connectivity index (χ1v) is 8.16. The van der Waals surface area contributed by atoms with Crippen molar-refractivity contribution in [2.24, 2.45) is 0 Å². The van der Waals surface area contributed by atoms with Crippen molar-refractivity contribution in [3.8, 4) is 11.5 Å². The molecule has 0 saturated heterocycles. The fraction of sp³-hybridized carbons (Fsp3) is 0.0476. The summed E-state index contributed by atoms with van der Waals surface area (Å²) < 4.78 is 24.1. The molecule has 0 saturated carbocycles. The number of carbonyl (C=O) groups excluding carboxylic acids is 2. The zero-order valence-corrected chi connectivity index (χ0v) is 14.2. The SMILES string of the molecule is O=C(COC(=O)c1ccc(Oc2ccccc2)cc1)Nc1ccccc1F. The number of halogens is 1. The monoisotopic (exact) mass is 365 g/mol. The number of esters is 1. The third-order valence-corrected chi connectivity index (χ3v) is 3.55. The molecule has 136 valence electrons. The lowest BCUT2D eigenvalue weighted by Gasteiger charge is -2.08. The van der Waals surface area contributed by atoms with E-state index in [0.29, 0.717) is 11.5 Å². The van der Waals surface area contributed by atoms with Gasteiger partial charge in [-0.15, -0.1) is 0 Å². The molecule has 6 heteroatoms. The number of anilines is 1. The predicted molar refractivity (Wildman–Crippen MR) is 98.3 cm³/mol. The molecule has 0 atom stereocenters. The van der Waals surface area contributed by atoms with Crippen LogP contribution < -0.4 is 10.1 Å².